The van der Waals surface area contributed by atoms with Crippen LogP contribution in [0.3, 0.4) is 0 Å². The van der Waals surface area contributed by atoms with Gasteiger partial charge in [0, 0.05) is 13.6 Å². The van der Waals surface area contributed by atoms with E-state index in [2.05, 4.69) is 20.2 Å². The maximum absolute atomic E-state index is 5.92. The lowest BCUT2D eigenvalue weighted by molar-refractivity contribution is -0.00914. The summed E-state index contributed by atoms with van der Waals surface area (Å²) >= 11 is 0. The zero-order chi connectivity index (χ0) is 13.9. The fourth-order valence-corrected chi connectivity index (χ4v) is 3.29. The van der Waals surface area contributed by atoms with Crippen LogP contribution in [-0.2, 0) is 4.74 Å². The predicted molar refractivity (Wildman–Crippen MR) is 77.5 cm³/mol. The van der Waals surface area contributed by atoms with Crippen molar-refractivity contribution in [3.8, 4) is 5.75 Å². The Morgan fingerprint density at radius 3 is 3.00 bits per heavy atom. The minimum atomic E-state index is 0.329. The van der Waals surface area contributed by atoms with Crippen molar-refractivity contribution in [1.82, 2.24) is 9.97 Å². The SMILES string of the molecule is CNc1ncnc(N2CCOC3CCCCC32)c1OC. The number of hydrogen-bond donors (Lipinski definition) is 1. The molecule has 1 aliphatic heterocycles. The van der Waals surface area contributed by atoms with Crippen LogP contribution in [0.4, 0.5) is 11.6 Å². The number of nitrogens with one attached hydrogen (secondary N) is 1. The maximum Gasteiger partial charge on any atom is 0.204 e. The Balaban J connectivity index is 1.94. The number of methoxy groups -OCH3 is 1. The molecule has 0 amide bonds. The van der Waals surface area contributed by atoms with Crippen molar-refractivity contribution in [3.05, 3.63) is 6.33 Å². The van der Waals surface area contributed by atoms with Gasteiger partial charge in [-0.15, -0.1) is 0 Å². The summed E-state index contributed by atoms with van der Waals surface area (Å²) in [7, 11) is 3.51. The van der Waals surface area contributed by atoms with Crippen molar-refractivity contribution in [2.45, 2.75) is 37.8 Å². The van der Waals surface area contributed by atoms with Gasteiger partial charge in [0.1, 0.15) is 6.33 Å². The van der Waals surface area contributed by atoms with Crippen LogP contribution in [0.5, 0.6) is 5.75 Å². The fraction of sp³-hybridized carbons (Fsp3) is 0.714. The van der Waals surface area contributed by atoms with Gasteiger partial charge in [0.15, 0.2) is 11.6 Å². The largest absolute Gasteiger partial charge is 0.490 e. The van der Waals surface area contributed by atoms with Gasteiger partial charge >= 0.3 is 0 Å². The second-order valence-electron chi connectivity index (χ2n) is 5.28. The van der Waals surface area contributed by atoms with Crippen molar-refractivity contribution in [2.75, 3.05) is 37.5 Å². The highest BCUT2D eigenvalue weighted by atomic mass is 16.5. The van der Waals surface area contributed by atoms with Crippen molar-refractivity contribution in [2.24, 2.45) is 0 Å². The van der Waals surface area contributed by atoms with E-state index in [-0.39, 0.29) is 0 Å². The number of anilines is 2. The first-order valence-corrected chi connectivity index (χ1v) is 7.30. The van der Waals surface area contributed by atoms with E-state index in [1.807, 2.05) is 7.05 Å². The summed E-state index contributed by atoms with van der Waals surface area (Å²) in [5, 5.41) is 3.06. The van der Waals surface area contributed by atoms with Gasteiger partial charge in [-0.1, -0.05) is 12.8 Å². The summed E-state index contributed by atoms with van der Waals surface area (Å²) in [5.41, 5.74) is 0. The average Bonchev–Trinajstić information content (AvgIpc) is 2.53. The zero-order valence-electron chi connectivity index (χ0n) is 12.1. The van der Waals surface area contributed by atoms with Crippen molar-refractivity contribution in [3.63, 3.8) is 0 Å². The lowest BCUT2D eigenvalue weighted by Crippen LogP contribution is -2.53. The van der Waals surface area contributed by atoms with Gasteiger partial charge in [-0.3, -0.25) is 0 Å². The molecule has 0 bridgehead atoms. The molecule has 0 spiro atoms. The molecule has 2 atom stereocenters. The van der Waals surface area contributed by atoms with Gasteiger partial charge in [-0.05, 0) is 12.8 Å². The van der Waals surface area contributed by atoms with Gasteiger partial charge in [0.2, 0.25) is 5.75 Å². The summed E-state index contributed by atoms with van der Waals surface area (Å²) in [6.45, 7) is 1.61. The van der Waals surface area contributed by atoms with Crippen LogP contribution in [0.25, 0.3) is 0 Å². The molecule has 0 radical (unpaired) electrons. The third-order valence-electron chi connectivity index (χ3n) is 4.23. The molecule has 6 nitrogen and oxygen atoms in total. The summed E-state index contributed by atoms with van der Waals surface area (Å²) < 4.78 is 11.5. The molecule has 1 aromatic heterocycles. The minimum Gasteiger partial charge on any atom is -0.490 e. The van der Waals surface area contributed by atoms with Crippen molar-refractivity contribution < 1.29 is 9.47 Å². The Morgan fingerprint density at radius 1 is 1.35 bits per heavy atom. The summed E-state index contributed by atoms with van der Waals surface area (Å²) in [5.74, 6) is 2.34. The molecular weight excluding hydrogens is 256 g/mol. The van der Waals surface area contributed by atoms with E-state index in [9.17, 15) is 0 Å². The highest BCUT2D eigenvalue weighted by Gasteiger charge is 2.36. The van der Waals surface area contributed by atoms with Crippen LogP contribution in [0, 0.1) is 0 Å². The van der Waals surface area contributed by atoms with E-state index in [4.69, 9.17) is 9.47 Å². The maximum atomic E-state index is 5.92. The Morgan fingerprint density at radius 2 is 2.20 bits per heavy atom. The molecule has 2 unspecified atom stereocenters. The fourth-order valence-electron chi connectivity index (χ4n) is 3.29. The Labute approximate surface area is 119 Å². The van der Waals surface area contributed by atoms with Crippen LogP contribution >= 0.6 is 0 Å². The molecule has 2 fully saturated rings. The smallest absolute Gasteiger partial charge is 0.204 e. The molecule has 20 heavy (non-hydrogen) atoms. The van der Waals surface area contributed by atoms with Gasteiger partial charge in [0.05, 0.1) is 25.9 Å². The molecule has 1 aliphatic carbocycles. The van der Waals surface area contributed by atoms with E-state index in [1.165, 1.54) is 12.8 Å². The standard InChI is InChI=1S/C14H22N4O2/c1-15-13-12(19-2)14(17-9-16-13)18-7-8-20-11-6-4-3-5-10(11)18/h9-11H,3-8H2,1-2H3,(H,15,16,17). The lowest BCUT2D eigenvalue weighted by Gasteiger charge is -2.44. The number of aromatic nitrogens is 2. The highest BCUT2D eigenvalue weighted by Crippen LogP contribution is 2.37. The molecule has 0 aromatic carbocycles. The number of morpholine rings is 1. The average molecular weight is 278 g/mol. The molecule has 3 rings (SSSR count). The Bertz CT molecular complexity index is 466. The first kappa shape index (κ1) is 13.4. The quantitative estimate of drug-likeness (QED) is 0.907. The van der Waals surface area contributed by atoms with E-state index in [0.29, 0.717) is 12.1 Å². The number of nitrogens with zero attached hydrogens (tertiary/aromatic N) is 3. The summed E-state index contributed by atoms with van der Waals surface area (Å²) in [4.78, 5) is 11.0. The Kier molecular flexibility index (Phi) is 3.91. The molecule has 2 heterocycles. The van der Waals surface area contributed by atoms with E-state index >= 15 is 0 Å². The van der Waals surface area contributed by atoms with E-state index < -0.39 is 0 Å². The van der Waals surface area contributed by atoms with Crippen molar-refractivity contribution >= 4 is 11.6 Å². The third-order valence-corrected chi connectivity index (χ3v) is 4.23. The number of ether oxygens (including phenoxy) is 2. The molecule has 6 heteroatoms. The lowest BCUT2D eigenvalue weighted by atomic mass is 9.90. The molecule has 1 aromatic rings. The first-order valence-electron chi connectivity index (χ1n) is 7.30. The zero-order valence-corrected chi connectivity index (χ0v) is 12.1. The minimum absolute atomic E-state index is 0.329. The molecule has 1 saturated heterocycles. The van der Waals surface area contributed by atoms with Crippen molar-refractivity contribution in [1.29, 1.82) is 0 Å². The molecule has 2 aliphatic rings. The van der Waals surface area contributed by atoms with Gasteiger partial charge < -0.3 is 19.7 Å². The molecule has 1 saturated carbocycles. The van der Waals surface area contributed by atoms with Crippen LogP contribution in [0.1, 0.15) is 25.7 Å². The van der Waals surface area contributed by atoms with Crippen LogP contribution < -0.4 is 15.0 Å². The second kappa shape index (κ2) is 5.83. The third kappa shape index (κ3) is 2.28. The summed E-state index contributed by atoms with van der Waals surface area (Å²) in [6, 6.07) is 0.408. The van der Waals surface area contributed by atoms with Crippen LogP contribution in [0.2, 0.25) is 0 Å². The monoisotopic (exact) mass is 278 g/mol. The number of fused-ring (bicyclic) bond motifs is 1. The molecule has 110 valence electrons. The topological polar surface area (TPSA) is 59.5 Å². The molecule has 1 N–H and O–H groups in total. The van der Waals surface area contributed by atoms with Crippen LogP contribution in [-0.4, -0.2) is 49.4 Å². The normalized spacial score (nSPS) is 26.0. The first-order chi connectivity index (χ1) is 9.85. The second-order valence-corrected chi connectivity index (χ2v) is 5.28. The summed E-state index contributed by atoms with van der Waals surface area (Å²) in [6.07, 6.45) is 6.75. The molecular formula is C14H22N4O2. The van der Waals surface area contributed by atoms with Gasteiger partial charge in [0.25, 0.3) is 0 Å². The van der Waals surface area contributed by atoms with Gasteiger partial charge in [-0.25, -0.2) is 9.97 Å². The van der Waals surface area contributed by atoms with E-state index in [1.54, 1.807) is 13.4 Å². The highest BCUT2D eigenvalue weighted by molar-refractivity contribution is 5.65. The van der Waals surface area contributed by atoms with E-state index in [0.717, 1.165) is 43.4 Å². The van der Waals surface area contributed by atoms with Gasteiger partial charge in [-0.2, -0.15) is 0 Å². The number of hydrogen-bond acceptors (Lipinski definition) is 6. The number of rotatable bonds is 3. The predicted octanol–water partition coefficient (Wildman–Crippen LogP) is 1.67. The Hall–Kier alpha value is -1.56. The van der Waals surface area contributed by atoms with Crippen LogP contribution in [0.15, 0.2) is 6.33 Å².